The van der Waals surface area contributed by atoms with Crippen LogP contribution in [0.1, 0.15) is 20.8 Å². The van der Waals surface area contributed by atoms with Crippen LogP contribution in [0.5, 0.6) is 0 Å². The second-order valence-corrected chi connectivity index (χ2v) is 6.18. The van der Waals surface area contributed by atoms with Crippen LogP contribution in [0.25, 0.3) is 0 Å². The predicted molar refractivity (Wildman–Crippen MR) is 69.9 cm³/mol. The molecule has 21 heavy (non-hydrogen) atoms. The average molecular weight is 298 g/mol. The summed E-state index contributed by atoms with van der Waals surface area (Å²) < 4.78 is 5.20. The third kappa shape index (κ3) is 2.56. The highest BCUT2D eigenvalue weighted by Crippen LogP contribution is 2.32. The number of barbiturate groups is 1. The maximum atomic E-state index is 12.1. The quantitative estimate of drug-likeness (QED) is 0.487. The predicted octanol–water partition coefficient (Wildman–Crippen LogP) is -1.08. The van der Waals surface area contributed by atoms with Gasteiger partial charge in [0.05, 0.1) is 0 Å². The number of likely N-dealkylation sites (tertiary alicyclic amines) is 1. The normalized spacial score (nSPS) is 24.9. The van der Waals surface area contributed by atoms with E-state index in [0.29, 0.717) is 0 Å². The number of hydrogen-bond donors (Lipinski definition) is 3. The van der Waals surface area contributed by atoms with E-state index in [2.05, 4.69) is 0 Å². The number of carbonyl (C=O) groups excluding carboxylic acids is 4. The molecule has 2 heterocycles. The molecule has 2 saturated heterocycles. The molecule has 4 N–H and O–H groups in total. The summed E-state index contributed by atoms with van der Waals surface area (Å²) in [6, 6.07) is -1.81. The lowest BCUT2D eigenvalue weighted by Gasteiger charge is -2.32. The number of nitrogens with zero attached hydrogens (tertiary/aromatic N) is 1. The van der Waals surface area contributed by atoms with Crippen molar-refractivity contribution in [3.8, 4) is 0 Å². The first kappa shape index (κ1) is 15.2. The number of hydrogen-bond acceptors (Lipinski definition) is 6. The molecular formula is C12H18N4O5. The van der Waals surface area contributed by atoms with Crippen molar-refractivity contribution in [3.63, 3.8) is 0 Å². The minimum Gasteiger partial charge on any atom is -0.444 e. The summed E-state index contributed by atoms with van der Waals surface area (Å²) in [7, 11) is 0. The molecule has 0 saturated carbocycles. The maximum Gasteiger partial charge on any atom is 0.410 e. The highest BCUT2D eigenvalue weighted by atomic mass is 16.6. The van der Waals surface area contributed by atoms with E-state index in [0.717, 1.165) is 0 Å². The highest BCUT2D eigenvalue weighted by Gasteiger charge is 2.60. The van der Waals surface area contributed by atoms with E-state index in [1.807, 2.05) is 10.6 Å². The van der Waals surface area contributed by atoms with Crippen LogP contribution in [-0.4, -0.2) is 53.6 Å². The smallest absolute Gasteiger partial charge is 0.410 e. The first-order valence-corrected chi connectivity index (χ1v) is 6.46. The van der Waals surface area contributed by atoms with Crippen molar-refractivity contribution in [1.29, 1.82) is 0 Å². The molecule has 0 bridgehead atoms. The van der Waals surface area contributed by atoms with Gasteiger partial charge in [0, 0.05) is 19.1 Å². The van der Waals surface area contributed by atoms with Crippen molar-refractivity contribution in [2.75, 3.05) is 13.1 Å². The number of ether oxygens (including phenoxy) is 1. The van der Waals surface area contributed by atoms with E-state index in [9.17, 15) is 19.2 Å². The molecule has 0 radical (unpaired) electrons. The van der Waals surface area contributed by atoms with Gasteiger partial charge in [0.1, 0.15) is 5.60 Å². The topological polar surface area (TPSA) is 131 Å². The fraction of sp³-hybridized carbons (Fsp3) is 0.667. The van der Waals surface area contributed by atoms with E-state index in [1.54, 1.807) is 20.8 Å². The molecule has 1 atom stereocenters. The lowest BCUT2D eigenvalue weighted by atomic mass is 9.80. The van der Waals surface area contributed by atoms with Crippen LogP contribution in [0.2, 0.25) is 0 Å². The van der Waals surface area contributed by atoms with Gasteiger partial charge in [-0.3, -0.25) is 20.2 Å². The number of carbonyl (C=O) groups is 4. The minimum atomic E-state index is -1.66. The Hall–Kier alpha value is -2.16. The third-order valence-electron chi connectivity index (χ3n) is 3.41. The maximum absolute atomic E-state index is 12.1. The van der Waals surface area contributed by atoms with Crippen LogP contribution in [0.3, 0.4) is 0 Å². The first-order chi connectivity index (χ1) is 9.56. The summed E-state index contributed by atoms with van der Waals surface area (Å²) in [5.41, 5.74) is 3.51. The zero-order chi connectivity index (χ0) is 16.0. The molecule has 0 aromatic heterocycles. The fourth-order valence-electron chi connectivity index (χ4n) is 2.39. The van der Waals surface area contributed by atoms with Gasteiger partial charge in [-0.1, -0.05) is 0 Å². The molecule has 2 aliphatic heterocycles. The Morgan fingerprint density at radius 3 is 2.29 bits per heavy atom. The zero-order valence-corrected chi connectivity index (χ0v) is 12.1. The number of rotatable bonds is 0. The molecule has 5 amide bonds. The number of urea groups is 1. The van der Waals surface area contributed by atoms with E-state index < -0.39 is 41.0 Å². The molecule has 1 unspecified atom stereocenters. The van der Waals surface area contributed by atoms with Gasteiger partial charge in [0.15, 0.2) is 5.41 Å². The van der Waals surface area contributed by atoms with Crippen molar-refractivity contribution in [2.45, 2.75) is 32.4 Å². The molecule has 2 fully saturated rings. The molecule has 2 rings (SSSR count). The summed E-state index contributed by atoms with van der Waals surface area (Å²) in [5, 5.41) is 4.02. The highest BCUT2D eigenvalue weighted by molar-refractivity contribution is 6.20. The molecule has 0 aromatic rings. The van der Waals surface area contributed by atoms with Gasteiger partial charge in [-0.05, 0) is 20.8 Å². The molecule has 116 valence electrons. The van der Waals surface area contributed by atoms with E-state index in [1.165, 1.54) is 4.90 Å². The van der Waals surface area contributed by atoms with E-state index in [4.69, 9.17) is 10.5 Å². The van der Waals surface area contributed by atoms with Crippen molar-refractivity contribution < 1.29 is 23.9 Å². The van der Waals surface area contributed by atoms with Crippen LogP contribution in [-0.2, 0) is 14.3 Å². The number of amides is 5. The first-order valence-electron chi connectivity index (χ1n) is 6.46. The van der Waals surface area contributed by atoms with Gasteiger partial charge in [-0.2, -0.15) is 0 Å². The molecule has 2 aliphatic rings. The van der Waals surface area contributed by atoms with Gasteiger partial charge in [-0.25, -0.2) is 9.59 Å². The minimum absolute atomic E-state index is 0.00998. The summed E-state index contributed by atoms with van der Waals surface area (Å²) in [5.74, 6) is -1.59. The Kier molecular flexibility index (Phi) is 3.40. The average Bonchev–Trinajstić information content (AvgIpc) is 2.63. The van der Waals surface area contributed by atoms with Gasteiger partial charge >= 0.3 is 12.1 Å². The summed E-state index contributed by atoms with van der Waals surface area (Å²) in [6.45, 7) is 4.87. The Balaban J connectivity index is 2.21. The molecular weight excluding hydrogens is 280 g/mol. The monoisotopic (exact) mass is 298 g/mol. The van der Waals surface area contributed by atoms with Gasteiger partial charge in [-0.15, -0.1) is 0 Å². The zero-order valence-electron chi connectivity index (χ0n) is 12.1. The van der Waals surface area contributed by atoms with Crippen molar-refractivity contribution >= 4 is 23.9 Å². The van der Waals surface area contributed by atoms with Crippen molar-refractivity contribution in [1.82, 2.24) is 15.5 Å². The summed E-state index contributed by atoms with van der Waals surface area (Å²) in [6.07, 6.45) is -0.660. The molecule has 1 spiro atoms. The number of nitrogens with one attached hydrogen (secondary N) is 2. The largest absolute Gasteiger partial charge is 0.444 e. The van der Waals surface area contributed by atoms with Crippen LogP contribution in [0.4, 0.5) is 9.59 Å². The fourth-order valence-corrected chi connectivity index (χ4v) is 2.39. The third-order valence-corrected chi connectivity index (χ3v) is 3.41. The van der Waals surface area contributed by atoms with Gasteiger partial charge in [0.25, 0.3) is 0 Å². The number of nitrogens with two attached hydrogens (primary N) is 1. The van der Waals surface area contributed by atoms with Crippen LogP contribution in [0, 0.1) is 5.41 Å². The number of imide groups is 2. The molecule has 0 aromatic carbocycles. The Bertz CT molecular complexity index is 504. The molecule has 0 aliphatic carbocycles. The summed E-state index contributed by atoms with van der Waals surface area (Å²) in [4.78, 5) is 48.5. The van der Waals surface area contributed by atoms with Crippen LogP contribution >= 0.6 is 0 Å². The van der Waals surface area contributed by atoms with E-state index >= 15 is 0 Å². The lowest BCUT2D eigenvalue weighted by molar-refractivity contribution is -0.144. The van der Waals surface area contributed by atoms with Gasteiger partial charge in [0.2, 0.25) is 11.8 Å². The SMILES string of the molecule is CC(C)(C)OC(=O)N1CC(N)C2(C1)C(=O)NC(=O)NC2=O. The van der Waals surface area contributed by atoms with Gasteiger partial charge < -0.3 is 15.4 Å². The van der Waals surface area contributed by atoms with Crippen molar-refractivity contribution in [3.05, 3.63) is 0 Å². The summed E-state index contributed by atoms with van der Waals surface area (Å²) >= 11 is 0. The Labute approximate surface area is 121 Å². The van der Waals surface area contributed by atoms with Crippen molar-refractivity contribution in [2.24, 2.45) is 11.1 Å². The molecule has 9 nitrogen and oxygen atoms in total. The van der Waals surface area contributed by atoms with Crippen LogP contribution in [0.15, 0.2) is 0 Å². The second-order valence-electron chi connectivity index (χ2n) is 6.18. The van der Waals surface area contributed by atoms with Crippen LogP contribution < -0.4 is 16.4 Å². The standard InChI is InChI=1S/C12H18N4O5/c1-11(2,3)21-10(20)16-4-6(13)12(5-16)7(17)14-9(19)15-8(12)18/h6H,4-5,13H2,1-3H3,(H2,14,15,17,18,19). The Morgan fingerprint density at radius 1 is 1.29 bits per heavy atom. The second kappa shape index (κ2) is 4.69. The lowest BCUT2D eigenvalue weighted by Crippen LogP contribution is -2.68. The Morgan fingerprint density at radius 2 is 1.81 bits per heavy atom. The molecule has 9 heteroatoms. The van der Waals surface area contributed by atoms with E-state index in [-0.39, 0.29) is 13.1 Å².